The van der Waals surface area contributed by atoms with E-state index in [0.29, 0.717) is 17.9 Å². The maximum Gasteiger partial charge on any atom is 0.0481 e. The van der Waals surface area contributed by atoms with Crippen molar-refractivity contribution >= 4 is 0 Å². The Morgan fingerprint density at radius 1 is 1.26 bits per heavy atom. The first-order valence-electron chi connectivity index (χ1n) is 7.95. The molecule has 0 aromatic carbocycles. The Morgan fingerprint density at radius 2 is 2.16 bits per heavy atom. The minimum absolute atomic E-state index is 0.316. The zero-order valence-corrected chi connectivity index (χ0v) is 12.0. The average Bonchev–Trinajstić information content (AvgIpc) is 2.46. The van der Waals surface area contributed by atoms with Crippen molar-refractivity contribution in [2.24, 2.45) is 17.6 Å². The van der Waals surface area contributed by atoms with Crippen molar-refractivity contribution in [3.63, 3.8) is 0 Å². The van der Waals surface area contributed by atoms with Gasteiger partial charge in [-0.05, 0) is 55.6 Å². The van der Waals surface area contributed by atoms with E-state index >= 15 is 0 Å². The zero-order chi connectivity index (χ0) is 13.2. The van der Waals surface area contributed by atoms with Gasteiger partial charge in [-0.25, -0.2) is 0 Å². The molecule has 0 aliphatic heterocycles. The third kappa shape index (κ3) is 2.69. The molecule has 19 heavy (non-hydrogen) atoms. The first-order chi connectivity index (χ1) is 9.25. The summed E-state index contributed by atoms with van der Waals surface area (Å²) >= 11 is 0. The molecule has 104 valence electrons. The number of pyridine rings is 1. The summed E-state index contributed by atoms with van der Waals surface area (Å²) in [4.78, 5) is 4.66. The van der Waals surface area contributed by atoms with Crippen molar-refractivity contribution in [3.8, 4) is 0 Å². The molecular weight excluding hydrogens is 232 g/mol. The van der Waals surface area contributed by atoms with Gasteiger partial charge in [-0.15, -0.1) is 0 Å². The smallest absolute Gasteiger partial charge is 0.0481 e. The van der Waals surface area contributed by atoms with Crippen molar-refractivity contribution in [2.45, 2.75) is 63.8 Å². The molecule has 1 saturated carbocycles. The molecule has 1 heterocycles. The Bertz CT molecular complexity index is 429. The molecule has 1 aromatic rings. The predicted molar refractivity (Wildman–Crippen MR) is 79.0 cm³/mol. The minimum atomic E-state index is 0.316. The van der Waals surface area contributed by atoms with Crippen LogP contribution in [0.2, 0.25) is 0 Å². The van der Waals surface area contributed by atoms with Gasteiger partial charge in [0.05, 0.1) is 0 Å². The summed E-state index contributed by atoms with van der Waals surface area (Å²) in [5.41, 5.74) is 9.41. The van der Waals surface area contributed by atoms with Gasteiger partial charge in [0, 0.05) is 23.9 Å². The molecule has 0 bridgehead atoms. The highest BCUT2D eigenvalue weighted by atomic mass is 14.8. The first kappa shape index (κ1) is 13.1. The highest BCUT2D eigenvalue weighted by Crippen LogP contribution is 2.39. The van der Waals surface area contributed by atoms with Crippen LogP contribution in [0.4, 0.5) is 0 Å². The topological polar surface area (TPSA) is 38.9 Å². The average molecular weight is 258 g/mol. The van der Waals surface area contributed by atoms with Crippen LogP contribution < -0.4 is 5.73 Å². The Morgan fingerprint density at radius 3 is 3.00 bits per heavy atom. The zero-order valence-electron chi connectivity index (χ0n) is 12.0. The summed E-state index contributed by atoms with van der Waals surface area (Å²) in [6, 6.07) is 4.62. The summed E-state index contributed by atoms with van der Waals surface area (Å²) in [6.07, 6.45) is 11.0. The molecule has 2 heteroatoms. The van der Waals surface area contributed by atoms with Gasteiger partial charge in [0.2, 0.25) is 0 Å². The molecule has 2 aliphatic rings. The molecule has 4 unspecified atom stereocenters. The second-order valence-corrected chi connectivity index (χ2v) is 6.66. The van der Waals surface area contributed by atoms with Crippen molar-refractivity contribution in [1.82, 2.24) is 4.98 Å². The largest absolute Gasteiger partial charge is 0.327 e. The Hall–Kier alpha value is -0.890. The van der Waals surface area contributed by atoms with Gasteiger partial charge >= 0.3 is 0 Å². The van der Waals surface area contributed by atoms with Crippen LogP contribution in [0.1, 0.15) is 62.6 Å². The lowest BCUT2D eigenvalue weighted by Crippen LogP contribution is -2.40. The van der Waals surface area contributed by atoms with Crippen LogP contribution in [0.3, 0.4) is 0 Å². The van der Waals surface area contributed by atoms with E-state index < -0.39 is 0 Å². The van der Waals surface area contributed by atoms with Gasteiger partial charge in [-0.3, -0.25) is 4.98 Å². The van der Waals surface area contributed by atoms with E-state index in [1.54, 1.807) is 0 Å². The van der Waals surface area contributed by atoms with Crippen LogP contribution in [-0.2, 0) is 6.42 Å². The Balaban J connectivity index is 1.79. The van der Waals surface area contributed by atoms with E-state index in [4.69, 9.17) is 5.73 Å². The summed E-state index contributed by atoms with van der Waals surface area (Å²) in [7, 11) is 0. The Labute approximate surface area is 116 Å². The van der Waals surface area contributed by atoms with Crippen molar-refractivity contribution in [3.05, 3.63) is 29.6 Å². The molecule has 1 aromatic heterocycles. The van der Waals surface area contributed by atoms with Gasteiger partial charge in [0.15, 0.2) is 0 Å². The molecular formula is C17H26N2. The number of nitrogens with zero attached hydrogens (tertiary/aromatic N) is 1. The van der Waals surface area contributed by atoms with E-state index in [2.05, 4.69) is 24.0 Å². The number of hydrogen-bond acceptors (Lipinski definition) is 2. The van der Waals surface area contributed by atoms with Gasteiger partial charge in [0.1, 0.15) is 0 Å². The molecule has 0 amide bonds. The summed E-state index contributed by atoms with van der Waals surface area (Å²) < 4.78 is 0. The lowest BCUT2D eigenvalue weighted by Gasteiger charge is -2.37. The molecule has 2 N–H and O–H groups in total. The van der Waals surface area contributed by atoms with E-state index in [1.807, 2.05) is 6.20 Å². The summed E-state index contributed by atoms with van der Waals surface area (Å²) in [6.45, 7) is 2.38. The van der Waals surface area contributed by atoms with Crippen LogP contribution in [0.25, 0.3) is 0 Å². The van der Waals surface area contributed by atoms with Crippen molar-refractivity contribution in [2.75, 3.05) is 0 Å². The monoisotopic (exact) mass is 258 g/mol. The number of fused-ring (bicyclic) bond motifs is 1. The quantitative estimate of drug-likeness (QED) is 0.879. The predicted octanol–water partition coefficient (Wildman–Crippen LogP) is 3.66. The number of nitrogens with two attached hydrogens (primary N) is 1. The normalized spacial score (nSPS) is 32.6. The van der Waals surface area contributed by atoms with Crippen LogP contribution in [0.15, 0.2) is 18.3 Å². The third-order valence-corrected chi connectivity index (χ3v) is 5.22. The molecule has 0 saturated heterocycles. The fourth-order valence-corrected chi connectivity index (χ4v) is 4.18. The third-order valence-electron chi connectivity index (χ3n) is 5.22. The van der Waals surface area contributed by atoms with Crippen LogP contribution in [0, 0.1) is 11.8 Å². The van der Waals surface area contributed by atoms with E-state index in [1.165, 1.54) is 56.2 Å². The molecule has 0 radical (unpaired) electrons. The second kappa shape index (κ2) is 5.62. The van der Waals surface area contributed by atoms with E-state index in [-0.39, 0.29) is 0 Å². The van der Waals surface area contributed by atoms with Gasteiger partial charge in [0.25, 0.3) is 0 Å². The van der Waals surface area contributed by atoms with Gasteiger partial charge < -0.3 is 5.73 Å². The van der Waals surface area contributed by atoms with E-state index in [0.717, 1.165) is 5.92 Å². The van der Waals surface area contributed by atoms with Crippen LogP contribution >= 0.6 is 0 Å². The summed E-state index contributed by atoms with van der Waals surface area (Å²) in [5, 5.41) is 0. The highest BCUT2D eigenvalue weighted by molar-refractivity contribution is 5.27. The molecule has 4 atom stereocenters. The Kier molecular flexibility index (Phi) is 3.88. The molecule has 2 nitrogen and oxygen atoms in total. The highest BCUT2D eigenvalue weighted by Gasteiger charge is 2.33. The van der Waals surface area contributed by atoms with Crippen molar-refractivity contribution < 1.29 is 0 Å². The lowest BCUT2D eigenvalue weighted by molar-refractivity contribution is 0.220. The maximum absolute atomic E-state index is 6.66. The molecule has 0 spiro atoms. The van der Waals surface area contributed by atoms with E-state index in [9.17, 15) is 0 Å². The number of hydrogen-bond donors (Lipinski definition) is 1. The summed E-state index contributed by atoms with van der Waals surface area (Å²) in [5.74, 6) is 2.07. The number of aromatic nitrogens is 1. The first-order valence-corrected chi connectivity index (χ1v) is 7.95. The van der Waals surface area contributed by atoms with Crippen molar-refractivity contribution in [1.29, 1.82) is 0 Å². The van der Waals surface area contributed by atoms with Gasteiger partial charge in [-0.2, -0.15) is 0 Å². The number of rotatable bonds is 2. The standard InChI is InChI=1S/C17H26N2/c1-12-5-2-7-14(11-12)16(18)15-9-3-6-13-8-4-10-19-17(13)15/h4,8,10,12,14-16H,2-3,5-7,9,11,18H2,1H3. The lowest BCUT2D eigenvalue weighted by atomic mass is 9.71. The van der Waals surface area contributed by atoms with Crippen LogP contribution in [0.5, 0.6) is 0 Å². The molecule has 1 fully saturated rings. The van der Waals surface area contributed by atoms with Gasteiger partial charge in [-0.1, -0.05) is 25.8 Å². The second-order valence-electron chi connectivity index (χ2n) is 6.66. The number of aryl methyl sites for hydroxylation is 1. The fourth-order valence-electron chi connectivity index (χ4n) is 4.18. The molecule has 3 rings (SSSR count). The molecule has 2 aliphatic carbocycles. The maximum atomic E-state index is 6.66. The van der Waals surface area contributed by atoms with Crippen LogP contribution in [-0.4, -0.2) is 11.0 Å². The SMILES string of the molecule is CC1CCCC(C(N)C2CCCc3cccnc32)C1. The fraction of sp³-hybridized carbons (Fsp3) is 0.706. The minimum Gasteiger partial charge on any atom is -0.327 e.